The third-order valence-corrected chi connectivity index (χ3v) is 3.64. The fourth-order valence-electron chi connectivity index (χ4n) is 2.38. The maximum atomic E-state index is 11.9. The fraction of sp³-hybridized carbons (Fsp3) is 0.500. The van der Waals surface area contributed by atoms with E-state index in [1.165, 1.54) is 0 Å². The second-order valence-corrected chi connectivity index (χ2v) is 5.91. The summed E-state index contributed by atoms with van der Waals surface area (Å²) in [5.74, 6) is 1.19. The Labute approximate surface area is 142 Å². The largest absolute Gasteiger partial charge is 0.465 e. The highest BCUT2D eigenvalue weighted by atomic mass is 16.5. The van der Waals surface area contributed by atoms with Gasteiger partial charge in [-0.05, 0) is 25.8 Å². The van der Waals surface area contributed by atoms with Gasteiger partial charge >= 0.3 is 5.97 Å². The van der Waals surface area contributed by atoms with Crippen LogP contribution in [-0.2, 0) is 16.0 Å². The predicted molar refractivity (Wildman–Crippen MR) is 91.3 cm³/mol. The zero-order valence-electron chi connectivity index (χ0n) is 14.5. The van der Waals surface area contributed by atoms with E-state index >= 15 is 0 Å². The monoisotopic (exact) mass is 331 g/mol. The van der Waals surface area contributed by atoms with Crippen molar-refractivity contribution in [1.29, 1.82) is 0 Å². The molecule has 0 spiro atoms. The van der Waals surface area contributed by atoms with Gasteiger partial charge in [0.05, 0.1) is 6.61 Å². The first-order valence-electron chi connectivity index (χ1n) is 8.39. The number of esters is 1. The topological polar surface area (TPSA) is 77.2 Å². The van der Waals surface area contributed by atoms with E-state index in [0.717, 1.165) is 12.0 Å². The predicted octanol–water partition coefficient (Wildman–Crippen LogP) is 2.85. The third-order valence-electron chi connectivity index (χ3n) is 3.64. The van der Waals surface area contributed by atoms with Gasteiger partial charge in [-0.2, -0.15) is 4.98 Å². The van der Waals surface area contributed by atoms with E-state index in [1.54, 1.807) is 0 Å². The van der Waals surface area contributed by atoms with Gasteiger partial charge in [0.25, 0.3) is 0 Å². The molecule has 1 aromatic carbocycles. The van der Waals surface area contributed by atoms with E-state index in [1.807, 2.05) is 51.1 Å². The average Bonchev–Trinajstić information content (AvgIpc) is 3.04. The van der Waals surface area contributed by atoms with Crippen LogP contribution in [0.1, 0.15) is 33.1 Å². The molecule has 0 fully saturated rings. The van der Waals surface area contributed by atoms with Crippen LogP contribution in [0.25, 0.3) is 11.4 Å². The number of hydrogen-bond donors (Lipinski definition) is 1. The number of carbonyl (C=O) groups is 1. The Morgan fingerprint density at radius 3 is 2.71 bits per heavy atom. The number of hydrogen-bond acceptors (Lipinski definition) is 6. The normalized spacial score (nSPS) is 12.3. The summed E-state index contributed by atoms with van der Waals surface area (Å²) in [7, 11) is 0. The Kier molecular flexibility index (Phi) is 6.93. The maximum Gasteiger partial charge on any atom is 0.323 e. The summed E-state index contributed by atoms with van der Waals surface area (Å²) in [5.41, 5.74) is 0.938. The molecule has 6 nitrogen and oxygen atoms in total. The Morgan fingerprint density at radius 1 is 1.29 bits per heavy atom. The summed E-state index contributed by atoms with van der Waals surface area (Å²) in [4.78, 5) is 16.3. The first-order chi connectivity index (χ1) is 11.6. The first kappa shape index (κ1) is 18.1. The van der Waals surface area contributed by atoms with Gasteiger partial charge in [0.2, 0.25) is 11.7 Å². The smallest absolute Gasteiger partial charge is 0.323 e. The number of carbonyl (C=O) groups excluding carboxylic acids is 1. The van der Waals surface area contributed by atoms with Gasteiger partial charge in [0.15, 0.2) is 0 Å². The minimum absolute atomic E-state index is 0.178. The minimum atomic E-state index is -0.285. The van der Waals surface area contributed by atoms with E-state index in [0.29, 0.717) is 31.3 Å². The van der Waals surface area contributed by atoms with Crippen LogP contribution in [0, 0.1) is 5.92 Å². The molecule has 130 valence electrons. The number of aromatic nitrogens is 2. The van der Waals surface area contributed by atoms with Crippen molar-refractivity contribution in [3.63, 3.8) is 0 Å². The lowest BCUT2D eigenvalue weighted by molar-refractivity contribution is -0.146. The highest BCUT2D eigenvalue weighted by molar-refractivity contribution is 5.76. The van der Waals surface area contributed by atoms with Crippen molar-refractivity contribution >= 4 is 5.97 Å². The van der Waals surface area contributed by atoms with Gasteiger partial charge in [0.1, 0.15) is 6.04 Å². The second-order valence-electron chi connectivity index (χ2n) is 5.91. The van der Waals surface area contributed by atoms with Crippen molar-refractivity contribution in [2.24, 2.45) is 5.92 Å². The molecule has 2 aromatic rings. The molecule has 1 heterocycles. The molecule has 1 atom stereocenters. The summed E-state index contributed by atoms with van der Waals surface area (Å²) >= 11 is 0. The third kappa shape index (κ3) is 5.16. The Balaban J connectivity index is 1.80. The Bertz CT molecular complexity index is 625. The van der Waals surface area contributed by atoms with Gasteiger partial charge in [-0.3, -0.25) is 4.79 Å². The standard InChI is InChI=1S/C18H25N3O3/c1-4-23-18(22)16(13(2)3)19-12-8-11-15-20-17(21-24-15)14-9-6-5-7-10-14/h5-7,9-10,13,16,19H,4,8,11-12H2,1-3H3/t16-/m0/s1. The molecule has 0 radical (unpaired) electrons. The maximum absolute atomic E-state index is 11.9. The molecule has 0 saturated heterocycles. The summed E-state index contributed by atoms with van der Waals surface area (Å²) in [5, 5.41) is 7.25. The van der Waals surface area contributed by atoms with E-state index in [4.69, 9.17) is 9.26 Å². The molecule has 0 bridgehead atoms. The Morgan fingerprint density at radius 2 is 2.04 bits per heavy atom. The molecule has 0 unspecified atom stereocenters. The molecule has 0 aliphatic rings. The van der Waals surface area contributed by atoms with E-state index < -0.39 is 0 Å². The first-order valence-corrected chi connectivity index (χ1v) is 8.39. The minimum Gasteiger partial charge on any atom is -0.465 e. The molecule has 0 amide bonds. The highest BCUT2D eigenvalue weighted by Gasteiger charge is 2.22. The van der Waals surface area contributed by atoms with Crippen molar-refractivity contribution in [3.05, 3.63) is 36.2 Å². The fourth-order valence-corrected chi connectivity index (χ4v) is 2.38. The molecule has 0 saturated carbocycles. The van der Waals surface area contributed by atoms with Crippen molar-refractivity contribution in [2.45, 2.75) is 39.7 Å². The van der Waals surface area contributed by atoms with Gasteiger partial charge in [-0.25, -0.2) is 0 Å². The molecule has 2 rings (SSSR count). The summed E-state index contributed by atoms with van der Waals surface area (Å²) < 4.78 is 10.4. The van der Waals surface area contributed by atoms with Crippen LogP contribution in [0.2, 0.25) is 0 Å². The van der Waals surface area contributed by atoms with Crippen LogP contribution in [0.15, 0.2) is 34.9 Å². The number of benzene rings is 1. The van der Waals surface area contributed by atoms with Crippen molar-refractivity contribution in [3.8, 4) is 11.4 Å². The van der Waals surface area contributed by atoms with Crippen molar-refractivity contribution in [1.82, 2.24) is 15.5 Å². The van der Waals surface area contributed by atoms with Gasteiger partial charge in [-0.15, -0.1) is 0 Å². The van der Waals surface area contributed by atoms with Gasteiger partial charge in [0, 0.05) is 12.0 Å². The average molecular weight is 331 g/mol. The summed E-state index contributed by atoms with van der Waals surface area (Å²) in [6.07, 6.45) is 1.47. The molecule has 1 aromatic heterocycles. The Hall–Kier alpha value is -2.21. The van der Waals surface area contributed by atoms with Crippen molar-refractivity contribution in [2.75, 3.05) is 13.2 Å². The van der Waals surface area contributed by atoms with E-state index in [-0.39, 0.29) is 17.9 Å². The number of rotatable bonds is 9. The van der Waals surface area contributed by atoms with Crippen molar-refractivity contribution < 1.29 is 14.1 Å². The molecule has 24 heavy (non-hydrogen) atoms. The number of ether oxygens (including phenoxy) is 1. The summed E-state index contributed by atoms with van der Waals surface area (Å²) in [6.45, 7) is 6.89. The molecular weight excluding hydrogens is 306 g/mol. The zero-order chi connectivity index (χ0) is 17.4. The van der Waals surface area contributed by atoms with Gasteiger partial charge < -0.3 is 14.6 Å². The van der Waals surface area contributed by atoms with E-state index in [9.17, 15) is 4.79 Å². The molecule has 1 N–H and O–H groups in total. The molecule has 0 aliphatic carbocycles. The van der Waals surface area contributed by atoms with Crippen LogP contribution in [0.4, 0.5) is 0 Å². The van der Waals surface area contributed by atoms with Crippen LogP contribution in [0.3, 0.4) is 0 Å². The quantitative estimate of drug-likeness (QED) is 0.562. The lowest BCUT2D eigenvalue weighted by Gasteiger charge is -2.20. The number of nitrogens with one attached hydrogen (secondary N) is 1. The highest BCUT2D eigenvalue weighted by Crippen LogP contribution is 2.15. The molecular formula is C18H25N3O3. The SMILES string of the molecule is CCOC(=O)[C@@H](NCCCc1nc(-c2ccccc2)no1)C(C)C. The lowest BCUT2D eigenvalue weighted by Crippen LogP contribution is -2.42. The number of aryl methyl sites for hydroxylation is 1. The van der Waals surface area contributed by atoms with Crippen LogP contribution < -0.4 is 5.32 Å². The summed E-state index contributed by atoms with van der Waals surface area (Å²) in [6, 6.07) is 9.44. The number of nitrogens with zero attached hydrogens (tertiary/aromatic N) is 2. The van der Waals surface area contributed by atoms with Crippen LogP contribution in [-0.4, -0.2) is 35.3 Å². The van der Waals surface area contributed by atoms with Gasteiger partial charge in [-0.1, -0.05) is 49.3 Å². The van der Waals surface area contributed by atoms with Crippen LogP contribution in [0.5, 0.6) is 0 Å². The molecule has 6 heteroatoms. The molecule has 0 aliphatic heterocycles. The van der Waals surface area contributed by atoms with Crippen LogP contribution >= 0.6 is 0 Å². The lowest BCUT2D eigenvalue weighted by atomic mass is 10.0. The van der Waals surface area contributed by atoms with E-state index in [2.05, 4.69) is 15.5 Å². The second kappa shape index (κ2) is 9.17. The zero-order valence-corrected chi connectivity index (χ0v) is 14.5.